The van der Waals surface area contributed by atoms with E-state index in [2.05, 4.69) is 63.1 Å². The highest BCUT2D eigenvalue weighted by molar-refractivity contribution is 9.10. The van der Waals surface area contributed by atoms with Gasteiger partial charge in [0.05, 0.1) is 17.1 Å². The number of ether oxygens (including phenoxy) is 2. The van der Waals surface area contributed by atoms with Crippen molar-refractivity contribution in [1.82, 2.24) is 9.97 Å². The average Bonchev–Trinajstić information content (AvgIpc) is 3.17. The largest absolute Gasteiger partial charge is 0.455 e. The van der Waals surface area contributed by atoms with Crippen LogP contribution in [-0.4, -0.2) is 33.8 Å². The topological polar surface area (TPSA) is 213 Å². The first-order chi connectivity index (χ1) is 27.2. The van der Waals surface area contributed by atoms with Crippen LogP contribution in [0.5, 0.6) is 23.0 Å². The molecule has 0 fully saturated rings. The number of amides is 6. The molecule has 6 aromatic rings. The standard InChI is InChI=1S/C19H13BrF2N4O3.C19H14BrFN4O3/c20-10-3-5-12(21)15(8-10)26-19(28)25-14-6-4-11(9-13(14)22)29-16-2-1-7-24-17(16)18(23)27;20-11-3-8-14(21)15(10-11)25-19(27)24-12-4-6-13(7-5-12)28-16-2-1-9-23-17(16)18(22)26/h1-9H,(H2,23,27)(H2,25,26,28);1-10H,(H2,22,26)(H2,24,25,27). The van der Waals surface area contributed by atoms with Gasteiger partial charge in [-0.2, -0.15) is 0 Å². The summed E-state index contributed by atoms with van der Waals surface area (Å²) in [7, 11) is 0. The molecule has 0 saturated heterocycles. The second-order valence-electron chi connectivity index (χ2n) is 11.2. The fraction of sp³-hybridized carbons (Fsp3) is 0. The summed E-state index contributed by atoms with van der Waals surface area (Å²) < 4.78 is 54.0. The zero-order chi connectivity index (χ0) is 41.1. The van der Waals surface area contributed by atoms with Crippen LogP contribution in [0.1, 0.15) is 21.0 Å². The van der Waals surface area contributed by atoms with Crippen LogP contribution in [0.4, 0.5) is 45.5 Å². The number of hydrogen-bond donors (Lipinski definition) is 6. The number of nitrogens with two attached hydrogens (primary N) is 2. The SMILES string of the molecule is NC(=O)c1ncccc1Oc1ccc(NC(=O)Nc2cc(Br)ccc2F)c(F)c1.NC(=O)c1ncccc1Oc1ccc(NC(=O)Nc2cc(Br)ccc2F)cc1. The Balaban J connectivity index is 0.000000218. The van der Waals surface area contributed by atoms with Crippen LogP contribution in [0.25, 0.3) is 0 Å². The van der Waals surface area contributed by atoms with Gasteiger partial charge >= 0.3 is 12.1 Å². The van der Waals surface area contributed by atoms with Crippen LogP contribution in [-0.2, 0) is 0 Å². The third kappa shape index (κ3) is 11.7. The summed E-state index contributed by atoms with van der Waals surface area (Å²) in [5, 5.41) is 9.58. The van der Waals surface area contributed by atoms with Crippen molar-refractivity contribution in [2.24, 2.45) is 11.5 Å². The fourth-order valence-electron chi connectivity index (χ4n) is 4.58. The minimum absolute atomic E-state index is 0.0140. The Bertz CT molecular complexity index is 2460. The van der Waals surface area contributed by atoms with Crippen molar-refractivity contribution in [2.45, 2.75) is 0 Å². The molecule has 2 heterocycles. The third-order valence-corrected chi connectivity index (χ3v) is 8.10. The van der Waals surface area contributed by atoms with E-state index in [4.69, 9.17) is 20.9 Å². The molecule has 0 spiro atoms. The van der Waals surface area contributed by atoms with E-state index in [1.54, 1.807) is 36.4 Å². The van der Waals surface area contributed by atoms with Crippen molar-refractivity contribution < 1.29 is 41.8 Å². The van der Waals surface area contributed by atoms with Gasteiger partial charge in [0, 0.05) is 33.1 Å². The molecule has 290 valence electrons. The Morgan fingerprint density at radius 1 is 0.526 bits per heavy atom. The Morgan fingerprint density at radius 3 is 1.47 bits per heavy atom. The van der Waals surface area contributed by atoms with Crippen molar-refractivity contribution in [1.29, 1.82) is 0 Å². The zero-order valence-corrected chi connectivity index (χ0v) is 32.0. The van der Waals surface area contributed by atoms with Gasteiger partial charge in [0.2, 0.25) is 0 Å². The number of urea groups is 2. The van der Waals surface area contributed by atoms with Crippen LogP contribution in [0, 0.1) is 17.5 Å². The molecule has 6 rings (SSSR count). The van der Waals surface area contributed by atoms with Crippen LogP contribution in [0.15, 0.2) is 124 Å². The van der Waals surface area contributed by atoms with E-state index in [0.717, 1.165) is 6.07 Å². The van der Waals surface area contributed by atoms with E-state index >= 15 is 0 Å². The highest BCUT2D eigenvalue weighted by Crippen LogP contribution is 2.29. The maximum absolute atomic E-state index is 14.3. The van der Waals surface area contributed by atoms with Gasteiger partial charge in [-0.15, -0.1) is 0 Å². The molecule has 0 aliphatic rings. The lowest BCUT2D eigenvalue weighted by Crippen LogP contribution is -2.20. The Kier molecular flexibility index (Phi) is 13.8. The van der Waals surface area contributed by atoms with E-state index in [1.807, 2.05) is 0 Å². The van der Waals surface area contributed by atoms with Gasteiger partial charge in [-0.1, -0.05) is 31.9 Å². The second-order valence-corrected chi connectivity index (χ2v) is 13.0. The van der Waals surface area contributed by atoms with E-state index in [-0.39, 0.29) is 45.7 Å². The molecule has 0 unspecified atom stereocenters. The van der Waals surface area contributed by atoms with Crippen molar-refractivity contribution in [3.05, 3.63) is 153 Å². The summed E-state index contributed by atoms with van der Waals surface area (Å²) in [6.45, 7) is 0. The molecule has 14 nitrogen and oxygen atoms in total. The van der Waals surface area contributed by atoms with E-state index in [1.165, 1.54) is 73.1 Å². The fourth-order valence-corrected chi connectivity index (χ4v) is 5.31. The van der Waals surface area contributed by atoms with Gasteiger partial charge in [0.15, 0.2) is 22.9 Å². The van der Waals surface area contributed by atoms with Gasteiger partial charge in [0.25, 0.3) is 11.8 Å². The lowest BCUT2D eigenvalue weighted by Gasteiger charge is -2.12. The summed E-state index contributed by atoms with van der Waals surface area (Å²) in [4.78, 5) is 54.5. The number of anilines is 4. The molecule has 4 aromatic carbocycles. The smallest absolute Gasteiger partial charge is 0.323 e. The summed E-state index contributed by atoms with van der Waals surface area (Å²) in [5.74, 6) is -2.75. The van der Waals surface area contributed by atoms with E-state index < -0.39 is 41.3 Å². The molecule has 0 atom stereocenters. The first-order valence-electron chi connectivity index (χ1n) is 16.1. The van der Waals surface area contributed by atoms with Gasteiger partial charge in [-0.3, -0.25) is 9.59 Å². The number of benzene rings is 4. The molecule has 8 N–H and O–H groups in total. The summed E-state index contributed by atoms with van der Waals surface area (Å²) >= 11 is 6.38. The quantitative estimate of drug-likeness (QED) is 0.0778. The lowest BCUT2D eigenvalue weighted by atomic mass is 10.2. The number of pyridine rings is 2. The molecule has 0 aliphatic carbocycles. The third-order valence-electron chi connectivity index (χ3n) is 7.12. The normalized spacial score (nSPS) is 10.3. The number of hydrogen-bond acceptors (Lipinski definition) is 8. The molecule has 0 radical (unpaired) electrons. The van der Waals surface area contributed by atoms with Crippen molar-refractivity contribution >= 4 is 78.5 Å². The Hall–Kier alpha value is -6.99. The maximum atomic E-state index is 14.3. The van der Waals surface area contributed by atoms with E-state index in [9.17, 15) is 32.3 Å². The number of carbonyl (C=O) groups excluding carboxylic acids is 4. The molecule has 19 heteroatoms. The molecule has 57 heavy (non-hydrogen) atoms. The summed E-state index contributed by atoms with van der Waals surface area (Å²) in [5.41, 5.74) is 10.7. The molecule has 2 aromatic heterocycles. The number of nitrogens with zero attached hydrogens (tertiary/aromatic N) is 2. The monoisotopic (exact) mass is 906 g/mol. The molecule has 6 amide bonds. The lowest BCUT2D eigenvalue weighted by molar-refractivity contribution is 0.0984. The van der Waals surface area contributed by atoms with Crippen molar-refractivity contribution in [3.63, 3.8) is 0 Å². The highest BCUT2D eigenvalue weighted by Gasteiger charge is 2.15. The van der Waals surface area contributed by atoms with Crippen molar-refractivity contribution in [3.8, 4) is 23.0 Å². The summed E-state index contributed by atoms with van der Waals surface area (Å²) in [6.07, 6.45) is 2.81. The highest BCUT2D eigenvalue weighted by atomic mass is 79.9. The van der Waals surface area contributed by atoms with Crippen LogP contribution >= 0.6 is 31.9 Å². The summed E-state index contributed by atoms with van der Waals surface area (Å²) in [6, 6.07) is 23.0. The Labute approximate surface area is 338 Å². The molecule has 0 bridgehead atoms. The Morgan fingerprint density at radius 2 is 0.982 bits per heavy atom. The molecule has 0 saturated carbocycles. The van der Waals surface area contributed by atoms with Gasteiger partial charge in [-0.25, -0.2) is 32.7 Å². The molecular weight excluding hydrogens is 881 g/mol. The van der Waals surface area contributed by atoms with Crippen LogP contribution in [0.2, 0.25) is 0 Å². The number of rotatable bonds is 10. The number of primary amides is 2. The van der Waals surface area contributed by atoms with Crippen molar-refractivity contribution in [2.75, 3.05) is 21.3 Å². The zero-order valence-electron chi connectivity index (χ0n) is 28.9. The molecule has 0 aliphatic heterocycles. The van der Waals surface area contributed by atoms with Gasteiger partial charge in [0.1, 0.15) is 29.0 Å². The number of halogens is 5. The van der Waals surface area contributed by atoms with Gasteiger partial charge < -0.3 is 42.2 Å². The van der Waals surface area contributed by atoms with Gasteiger partial charge in [-0.05, 0) is 97.1 Å². The predicted octanol–water partition coefficient (Wildman–Crippen LogP) is 9.18. The minimum atomic E-state index is -0.835. The van der Waals surface area contributed by atoms with E-state index in [0.29, 0.717) is 20.4 Å². The second kappa shape index (κ2) is 19.0. The first-order valence-corrected chi connectivity index (χ1v) is 17.7. The molecular formula is C38H27Br2F3N8O6. The number of aromatic nitrogens is 2. The first kappa shape index (κ1) is 41.2. The minimum Gasteiger partial charge on any atom is -0.455 e. The predicted molar refractivity (Wildman–Crippen MR) is 212 cm³/mol. The van der Waals surface area contributed by atoms with Crippen LogP contribution in [0.3, 0.4) is 0 Å². The maximum Gasteiger partial charge on any atom is 0.323 e. The average molecular weight is 908 g/mol. The van der Waals surface area contributed by atoms with Crippen LogP contribution < -0.4 is 42.2 Å². The number of carbonyl (C=O) groups is 4. The number of nitrogens with one attached hydrogen (secondary N) is 4.